The standard InChI is InChI=1S/C13H9BrClNO4/c1-2-19-11(17)4-3-10-16-12-8(13(18)20-10)5-7(15)6-9(12)14/h3-6H,2H2,1H3. The Morgan fingerprint density at radius 1 is 1.55 bits per heavy atom. The van der Waals surface area contributed by atoms with Crippen molar-refractivity contribution in [3.8, 4) is 0 Å². The fourth-order valence-corrected chi connectivity index (χ4v) is 2.42. The van der Waals surface area contributed by atoms with Gasteiger partial charge in [0, 0.05) is 21.6 Å². The second kappa shape index (κ2) is 6.19. The van der Waals surface area contributed by atoms with Gasteiger partial charge < -0.3 is 9.15 Å². The van der Waals surface area contributed by atoms with E-state index in [1.807, 2.05) is 0 Å². The van der Waals surface area contributed by atoms with Crippen LogP contribution in [0.2, 0.25) is 5.02 Å². The molecular weight excluding hydrogens is 350 g/mol. The van der Waals surface area contributed by atoms with E-state index >= 15 is 0 Å². The highest BCUT2D eigenvalue weighted by Gasteiger charge is 2.09. The van der Waals surface area contributed by atoms with Gasteiger partial charge in [0.25, 0.3) is 0 Å². The van der Waals surface area contributed by atoms with Gasteiger partial charge in [0.1, 0.15) is 0 Å². The molecule has 0 saturated carbocycles. The molecule has 0 bridgehead atoms. The number of hydrogen-bond donors (Lipinski definition) is 0. The topological polar surface area (TPSA) is 69.4 Å². The fraction of sp³-hybridized carbons (Fsp3) is 0.154. The molecule has 104 valence electrons. The summed E-state index contributed by atoms with van der Waals surface area (Å²) in [5, 5.41) is 0.658. The van der Waals surface area contributed by atoms with Crippen LogP contribution in [-0.2, 0) is 9.53 Å². The number of carbonyl (C=O) groups excluding carboxylic acids is 1. The molecule has 0 spiro atoms. The van der Waals surface area contributed by atoms with E-state index in [9.17, 15) is 9.59 Å². The van der Waals surface area contributed by atoms with Crippen LogP contribution in [0.1, 0.15) is 12.8 Å². The van der Waals surface area contributed by atoms with Crippen molar-refractivity contribution in [3.63, 3.8) is 0 Å². The monoisotopic (exact) mass is 357 g/mol. The van der Waals surface area contributed by atoms with Crippen LogP contribution in [0.3, 0.4) is 0 Å². The van der Waals surface area contributed by atoms with Crippen LogP contribution < -0.4 is 5.63 Å². The van der Waals surface area contributed by atoms with Crippen LogP contribution in [0.5, 0.6) is 0 Å². The summed E-state index contributed by atoms with van der Waals surface area (Å²) in [7, 11) is 0. The lowest BCUT2D eigenvalue weighted by Gasteiger charge is -2.01. The van der Waals surface area contributed by atoms with Crippen LogP contribution in [0, 0.1) is 0 Å². The zero-order chi connectivity index (χ0) is 14.7. The molecule has 0 aliphatic rings. The highest BCUT2D eigenvalue weighted by atomic mass is 79.9. The Bertz CT molecular complexity index is 754. The molecule has 1 aromatic carbocycles. The fourth-order valence-electron chi connectivity index (χ4n) is 1.52. The Labute approximate surface area is 127 Å². The number of halogens is 2. The molecule has 1 aromatic heterocycles. The number of rotatable bonds is 3. The highest BCUT2D eigenvalue weighted by molar-refractivity contribution is 9.10. The Morgan fingerprint density at radius 3 is 3.00 bits per heavy atom. The number of ether oxygens (including phenoxy) is 1. The SMILES string of the molecule is CCOC(=O)C=Cc1nc2c(Br)cc(Cl)cc2c(=O)o1. The Balaban J connectivity index is 2.48. The van der Waals surface area contributed by atoms with E-state index in [-0.39, 0.29) is 17.9 Å². The molecule has 7 heteroatoms. The molecular formula is C13H9BrClNO4. The van der Waals surface area contributed by atoms with Gasteiger partial charge in [-0.3, -0.25) is 0 Å². The number of benzene rings is 1. The molecule has 5 nitrogen and oxygen atoms in total. The minimum absolute atomic E-state index is 0.0126. The van der Waals surface area contributed by atoms with Crippen molar-refractivity contribution in [1.29, 1.82) is 0 Å². The third-order valence-corrected chi connectivity index (χ3v) is 3.14. The molecule has 0 N–H and O–H groups in total. The van der Waals surface area contributed by atoms with Gasteiger partial charge in [-0.1, -0.05) is 11.6 Å². The maximum atomic E-state index is 11.8. The maximum absolute atomic E-state index is 11.8. The first-order valence-electron chi connectivity index (χ1n) is 5.66. The van der Waals surface area contributed by atoms with Crippen LogP contribution in [0.25, 0.3) is 17.0 Å². The molecule has 2 aromatic rings. The first-order chi connectivity index (χ1) is 9.51. The molecule has 0 amide bonds. The third-order valence-electron chi connectivity index (χ3n) is 2.32. The average Bonchev–Trinajstić information content (AvgIpc) is 2.38. The number of fused-ring (bicyclic) bond motifs is 1. The number of esters is 1. The quantitative estimate of drug-likeness (QED) is 0.622. The normalized spacial score (nSPS) is 11.2. The third kappa shape index (κ3) is 3.26. The first kappa shape index (κ1) is 14.7. The first-order valence-corrected chi connectivity index (χ1v) is 6.83. The largest absolute Gasteiger partial charge is 0.463 e. The lowest BCUT2D eigenvalue weighted by molar-refractivity contribution is -0.137. The molecule has 0 fully saturated rings. The molecule has 0 saturated heterocycles. The summed E-state index contributed by atoms with van der Waals surface area (Å²) in [4.78, 5) is 27.2. The summed E-state index contributed by atoms with van der Waals surface area (Å²) < 4.78 is 10.3. The number of aromatic nitrogens is 1. The Kier molecular flexibility index (Phi) is 4.57. The number of hydrogen-bond acceptors (Lipinski definition) is 5. The van der Waals surface area contributed by atoms with Crippen molar-refractivity contribution in [2.75, 3.05) is 6.61 Å². The molecule has 2 rings (SSSR count). The summed E-state index contributed by atoms with van der Waals surface area (Å²) in [6, 6.07) is 3.09. The van der Waals surface area contributed by atoms with Crippen molar-refractivity contribution < 1.29 is 13.9 Å². The van der Waals surface area contributed by atoms with Crippen LogP contribution in [-0.4, -0.2) is 17.6 Å². The predicted octanol–water partition coefficient (Wildman–Crippen LogP) is 3.18. The smallest absolute Gasteiger partial charge is 0.347 e. The van der Waals surface area contributed by atoms with E-state index in [1.165, 1.54) is 12.1 Å². The lowest BCUT2D eigenvalue weighted by Crippen LogP contribution is -2.04. The van der Waals surface area contributed by atoms with Crippen LogP contribution in [0.15, 0.2) is 31.9 Å². The Morgan fingerprint density at radius 2 is 2.30 bits per heavy atom. The van der Waals surface area contributed by atoms with Gasteiger partial charge in [0.2, 0.25) is 5.89 Å². The van der Waals surface area contributed by atoms with E-state index in [1.54, 1.807) is 13.0 Å². The van der Waals surface area contributed by atoms with Crippen molar-refractivity contribution in [2.24, 2.45) is 0 Å². The van der Waals surface area contributed by atoms with Crippen molar-refractivity contribution in [1.82, 2.24) is 4.98 Å². The number of carbonyl (C=O) groups is 1. The van der Waals surface area contributed by atoms with E-state index < -0.39 is 11.6 Å². The summed E-state index contributed by atoms with van der Waals surface area (Å²) >= 11 is 9.14. The van der Waals surface area contributed by atoms with E-state index in [2.05, 4.69) is 20.9 Å². The van der Waals surface area contributed by atoms with Gasteiger partial charge in [-0.25, -0.2) is 14.6 Å². The molecule has 1 heterocycles. The summed E-state index contributed by atoms with van der Waals surface area (Å²) in [6.45, 7) is 1.96. The molecule has 0 unspecified atom stereocenters. The molecule has 0 aliphatic heterocycles. The molecule has 0 aliphatic carbocycles. The van der Waals surface area contributed by atoms with Crippen LogP contribution in [0.4, 0.5) is 0 Å². The van der Waals surface area contributed by atoms with E-state index in [0.717, 1.165) is 6.08 Å². The van der Waals surface area contributed by atoms with Crippen molar-refractivity contribution >= 4 is 50.5 Å². The van der Waals surface area contributed by atoms with Gasteiger partial charge in [-0.15, -0.1) is 0 Å². The van der Waals surface area contributed by atoms with Gasteiger partial charge in [-0.05, 0) is 35.0 Å². The summed E-state index contributed by atoms with van der Waals surface area (Å²) in [5.74, 6) is -0.522. The van der Waals surface area contributed by atoms with E-state index in [0.29, 0.717) is 15.0 Å². The van der Waals surface area contributed by atoms with Crippen LogP contribution >= 0.6 is 27.5 Å². The summed E-state index contributed by atoms with van der Waals surface area (Å²) in [6.07, 6.45) is 2.42. The second-order valence-corrected chi connectivity index (χ2v) is 5.00. The van der Waals surface area contributed by atoms with Gasteiger partial charge in [0.05, 0.1) is 17.5 Å². The summed E-state index contributed by atoms with van der Waals surface area (Å²) in [5.41, 5.74) is -0.170. The average molecular weight is 359 g/mol. The van der Waals surface area contributed by atoms with Gasteiger partial charge in [0.15, 0.2) is 0 Å². The molecule has 0 radical (unpaired) electrons. The number of nitrogens with zero attached hydrogens (tertiary/aromatic N) is 1. The minimum atomic E-state index is -0.582. The Hall–Kier alpha value is -1.66. The highest BCUT2D eigenvalue weighted by Crippen LogP contribution is 2.25. The van der Waals surface area contributed by atoms with Crippen molar-refractivity contribution in [2.45, 2.75) is 6.92 Å². The second-order valence-electron chi connectivity index (χ2n) is 3.71. The predicted molar refractivity (Wildman–Crippen MR) is 78.7 cm³/mol. The minimum Gasteiger partial charge on any atom is -0.463 e. The zero-order valence-electron chi connectivity index (χ0n) is 10.4. The van der Waals surface area contributed by atoms with Crippen molar-refractivity contribution in [3.05, 3.63) is 44.0 Å². The molecule has 0 atom stereocenters. The van der Waals surface area contributed by atoms with Gasteiger partial charge >= 0.3 is 11.6 Å². The lowest BCUT2D eigenvalue weighted by atomic mass is 10.2. The zero-order valence-corrected chi connectivity index (χ0v) is 12.7. The maximum Gasteiger partial charge on any atom is 0.347 e. The van der Waals surface area contributed by atoms with Gasteiger partial charge in [-0.2, -0.15) is 0 Å². The molecule has 20 heavy (non-hydrogen) atoms. The van der Waals surface area contributed by atoms with E-state index in [4.69, 9.17) is 20.8 Å².